The fourth-order valence-electron chi connectivity index (χ4n) is 2.20. The van der Waals surface area contributed by atoms with Crippen LogP contribution in [0.5, 0.6) is 0 Å². The third-order valence-corrected chi connectivity index (χ3v) is 3.54. The Morgan fingerprint density at radius 1 is 0.913 bits per heavy atom. The van der Waals surface area contributed by atoms with Gasteiger partial charge in [0.2, 0.25) is 5.91 Å². The number of hydrogen-bond acceptors (Lipinski definition) is 3. The highest BCUT2D eigenvalue weighted by atomic mass is 16.2. The van der Waals surface area contributed by atoms with Crippen LogP contribution in [-0.4, -0.2) is 25.9 Å². The monoisotopic (exact) mass is 311 g/mol. The minimum Gasteiger partial charge on any atom is -0.378 e. The quantitative estimate of drug-likeness (QED) is 0.911. The van der Waals surface area contributed by atoms with Crippen LogP contribution in [0, 0.1) is 6.92 Å². The number of carbonyl (C=O) groups is 2. The van der Waals surface area contributed by atoms with Crippen molar-refractivity contribution in [1.29, 1.82) is 0 Å². The van der Waals surface area contributed by atoms with Crippen molar-refractivity contribution in [1.82, 2.24) is 0 Å². The van der Waals surface area contributed by atoms with Gasteiger partial charge in [-0.2, -0.15) is 0 Å². The van der Waals surface area contributed by atoms with Crippen LogP contribution in [0.2, 0.25) is 0 Å². The van der Waals surface area contributed by atoms with E-state index < -0.39 is 0 Å². The van der Waals surface area contributed by atoms with Gasteiger partial charge < -0.3 is 15.5 Å². The molecular weight excluding hydrogens is 290 g/mol. The third-order valence-electron chi connectivity index (χ3n) is 3.54. The van der Waals surface area contributed by atoms with Crippen LogP contribution in [0.3, 0.4) is 0 Å². The molecule has 0 atom stereocenters. The molecule has 0 radical (unpaired) electrons. The molecule has 0 unspecified atom stereocenters. The van der Waals surface area contributed by atoms with Crippen LogP contribution < -0.4 is 15.5 Å². The summed E-state index contributed by atoms with van der Waals surface area (Å²) in [4.78, 5) is 25.5. The lowest BCUT2D eigenvalue weighted by Crippen LogP contribution is -2.15. The molecule has 0 heterocycles. The molecule has 2 rings (SSSR count). The molecule has 0 saturated carbocycles. The second-order valence-corrected chi connectivity index (χ2v) is 5.55. The number of hydrogen-bond donors (Lipinski definition) is 2. The van der Waals surface area contributed by atoms with Gasteiger partial charge in [0.1, 0.15) is 0 Å². The molecule has 0 spiro atoms. The average molecular weight is 311 g/mol. The molecule has 2 aromatic carbocycles. The summed E-state index contributed by atoms with van der Waals surface area (Å²) in [5, 5.41) is 5.64. The summed E-state index contributed by atoms with van der Waals surface area (Å²) in [6, 6.07) is 12.8. The van der Waals surface area contributed by atoms with Gasteiger partial charge in [0.15, 0.2) is 0 Å². The van der Waals surface area contributed by atoms with Gasteiger partial charge in [0.05, 0.1) is 0 Å². The van der Waals surface area contributed by atoms with Crippen molar-refractivity contribution in [3.8, 4) is 0 Å². The predicted molar refractivity (Wildman–Crippen MR) is 94.2 cm³/mol. The van der Waals surface area contributed by atoms with Gasteiger partial charge in [0.25, 0.3) is 5.91 Å². The molecule has 0 aliphatic rings. The molecule has 5 heteroatoms. The largest absolute Gasteiger partial charge is 0.378 e. The normalized spacial score (nSPS) is 10.1. The van der Waals surface area contributed by atoms with E-state index in [1.54, 1.807) is 24.3 Å². The molecule has 23 heavy (non-hydrogen) atoms. The van der Waals surface area contributed by atoms with Crippen LogP contribution >= 0.6 is 0 Å². The summed E-state index contributed by atoms with van der Waals surface area (Å²) < 4.78 is 0. The van der Waals surface area contributed by atoms with Crippen molar-refractivity contribution in [2.45, 2.75) is 13.8 Å². The number of anilines is 3. The molecule has 0 aliphatic heterocycles. The molecule has 2 amide bonds. The van der Waals surface area contributed by atoms with Gasteiger partial charge in [-0.15, -0.1) is 0 Å². The first kappa shape index (κ1) is 16.5. The van der Waals surface area contributed by atoms with Crippen LogP contribution in [0.1, 0.15) is 22.8 Å². The van der Waals surface area contributed by atoms with E-state index in [9.17, 15) is 9.59 Å². The Morgan fingerprint density at radius 3 is 2.00 bits per heavy atom. The molecule has 2 aromatic rings. The maximum atomic E-state index is 12.4. The first-order valence-electron chi connectivity index (χ1n) is 7.34. The molecular formula is C18H21N3O2. The standard InChI is InChI=1S/C18H21N3O2/c1-12-16(19-13(2)22)6-5-7-17(12)20-18(23)14-8-10-15(11-9-14)21(3)4/h5-11H,1-4H3,(H,19,22)(H,20,23). The lowest BCUT2D eigenvalue weighted by atomic mass is 10.1. The van der Waals surface area contributed by atoms with E-state index in [-0.39, 0.29) is 11.8 Å². The van der Waals surface area contributed by atoms with Crippen molar-refractivity contribution < 1.29 is 9.59 Å². The Morgan fingerprint density at radius 2 is 1.48 bits per heavy atom. The SMILES string of the molecule is CC(=O)Nc1cccc(NC(=O)c2ccc(N(C)C)cc2)c1C. The van der Waals surface area contributed by atoms with Crippen molar-refractivity contribution >= 4 is 28.9 Å². The predicted octanol–water partition coefficient (Wildman–Crippen LogP) is 3.27. The summed E-state index contributed by atoms with van der Waals surface area (Å²) in [5.74, 6) is -0.325. The minimum atomic E-state index is -0.182. The van der Waals surface area contributed by atoms with Gasteiger partial charge in [0, 0.05) is 43.6 Å². The second-order valence-electron chi connectivity index (χ2n) is 5.55. The molecule has 0 saturated heterocycles. The third kappa shape index (κ3) is 4.10. The van der Waals surface area contributed by atoms with E-state index in [4.69, 9.17) is 0 Å². The smallest absolute Gasteiger partial charge is 0.255 e. The number of benzene rings is 2. The Bertz CT molecular complexity index is 722. The van der Waals surface area contributed by atoms with Crippen LogP contribution in [-0.2, 0) is 4.79 Å². The molecule has 0 bridgehead atoms. The Kier molecular flexibility index (Phi) is 5.01. The first-order valence-corrected chi connectivity index (χ1v) is 7.34. The summed E-state index contributed by atoms with van der Waals surface area (Å²) >= 11 is 0. The summed E-state index contributed by atoms with van der Waals surface area (Å²) in [6.07, 6.45) is 0. The van der Waals surface area contributed by atoms with Crippen LogP contribution in [0.4, 0.5) is 17.1 Å². The number of amides is 2. The fourth-order valence-corrected chi connectivity index (χ4v) is 2.20. The number of rotatable bonds is 4. The summed E-state index contributed by atoms with van der Waals surface area (Å²) in [6.45, 7) is 3.31. The number of nitrogens with zero attached hydrogens (tertiary/aromatic N) is 1. The maximum absolute atomic E-state index is 12.4. The number of nitrogens with one attached hydrogen (secondary N) is 2. The van der Waals surface area contributed by atoms with Crippen LogP contribution in [0.15, 0.2) is 42.5 Å². The lowest BCUT2D eigenvalue weighted by Gasteiger charge is -2.14. The highest BCUT2D eigenvalue weighted by molar-refractivity contribution is 6.05. The molecule has 0 aliphatic carbocycles. The number of carbonyl (C=O) groups excluding carboxylic acids is 2. The zero-order valence-corrected chi connectivity index (χ0v) is 13.8. The lowest BCUT2D eigenvalue weighted by molar-refractivity contribution is -0.114. The summed E-state index contributed by atoms with van der Waals surface area (Å²) in [7, 11) is 3.90. The van der Waals surface area contributed by atoms with Gasteiger partial charge in [-0.05, 0) is 48.9 Å². The molecule has 120 valence electrons. The minimum absolute atomic E-state index is 0.143. The van der Waals surface area contributed by atoms with E-state index in [0.717, 1.165) is 11.3 Å². The van der Waals surface area contributed by atoms with E-state index in [0.29, 0.717) is 16.9 Å². The highest BCUT2D eigenvalue weighted by Crippen LogP contribution is 2.24. The maximum Gasteiger partial charge on any atom is 0.255 e. The van der Waals surface area contributed by atoms with Crippen molar-refractivity contribution in [2.75, 3.05) is 29.6 Å². The molecule has 2 N–H and O–H groups in total. The van der Waals surface area contributed by atoms with Crippen molar-refractivity contribution in [3.05, 3.63) is 53.6 Å². The topological polar surface area (TPSA) is 61.4 Å². The Labute approximate surface area is 136 Å². The van der Waals surface area contributed by atoms with E-state index in [1.165, 1.54) is 6.92 Å². The molecule has 0 aromatic heterocycles. The Balaban J connectivity index is 2.18. The van der Waals surface area contributed by atoms with Gasteiger partial charge in [-0.3, -0.25) is 9.59 Å². The average Bonchev–Trinajstić information content (AvgIpc) is 2.51. The fraction of sp³-hybridized carbons (Fsp3) is 0.222. The zero-order chi connectivity index (χ0) is 17.0. The molecule has 0 fully saturated rings. The van der Waals surface area contributed by atoms with Gasteiger partial charge in [-0.1, -0.05) is 6.07 Å². The first-order chi connectivity index (χ1) is 10.9. The van der Waals surface area contributed by atoms with Crippen molar-refractivity contribution in [2.24, 2.45) is 0 Å². The molecule has 5 nitrogen and oxygen atoms in total. The van der Waals surface area contributed by atoms with Crippen molar-refractivity contribution in [3.63, 3.8) is 0 Å². The zero-order valence-electron chi connectivity index (χ0n) is 13.8. The van der Waals surface area contributed by atoms with E-state index in [1.807, 2.05) is 44.1 Å². The Hall–Kier alpha value is -2.82. The van der Waals surface area contributed by atoms with E-state index >= 15 is 0 Å². The highest BCUT2D eigenvalue weighted by Gasteiger charge is 2.10. The van der Waals surface area contributed by atoms with Crippen LogP contribution in [0.25, 0.3) is 0 Å². The summed E-state index contributed by atoms with van der Waals surface area (Å²) in [5.41, 5.74) is 3.81. The van der Waals surface area contributed by atoms with Gasteiger partial charge in [-0.25, -0.2) is 0 Å². The second kappa shape index (κ2) is 6.96. The van der Waals surface area contributed by atoms with Gasteiger partial charge >= 0.3 is 0 Å². The van der Waals surface area contributed by atoms with E-state index in [2.05, 4.69) is 10.6 Å².